The standard InChI is InChI=1S/C14H12ClN3O3/c1-2-9-3-5-10(6-4-9)17-14(19)11-7-8-16-13(15)12(11)18(20)21/h3-8H,2H2,1H3,(H,17,19). The summed E-state index contributed by atoms with van der Waals surface area (Å²) in [5.74, 6) is -0.602. The molecule has 1 aromatic carbocycles. The molecule has 1 aromatic heterocycles. The van der Waals surface area contributed by atoms with E-state index in [4.69, 9.17) is 11.6 Å². The Morgan fingerprint density at radius 3 is 2.57 bits per heavy atom. The van der Waals surface area contributed by atoms with Crippen molar-refractivity contribution in [1.82, 2.24) is 4.98 Å². The quantitative estimate of drug-likeness (QED) is 0.532. The first-order valence-corrected chi connectivity index (χ1v) is 6.60. The number of benzene rings is 1. The van der Waals surface area contributed by atoms with Gasteiger partial charge < -0.3 is 5.32 Å². The van der Waals surface area contributed by atoms with Crippen molar-refractivity contribution >= 4 is 28.9 Å². The number of pyridine rings is 1. The van der Waals surface area contributed by atoms with Gasteiger partial charge in [-0.05, 0) is 30.2 Å². The van der Waals surface area contributed by atoms with Crippen molar-refractivity contribution in [2.24, 2.45) is 0 Å². The van der Waals surface area contributed by atoms with E-state index in [-0.39, 0.29) is 10.7 Å². The predicted molar refractivity (Wildman–Crippen MR) is 79.7 cm³/mol. The van der Waals surface area contributed by atoms with E-state index in [0.717, 1.165) is 12.0 Å². The summed E-state index contributed by atoms with van der Waals surface area (Å²) in [5, 5.41) is 13.3. The van der Waals surface area contributed by atoms with E-state index in [1.807, 2.05) is 19.1 Å². The second-order valence-corrected chi connectivity index (χ2v) is 4.62. The van der Waals surface area contributed by atoms with Gasteiger partial charge in [-0.25, -0.2) is 4.98 Å². The van der Waals surface area contributed by atoms with Gasteiger partial charge in [0.15, 0.2) is 0 Å². The van der Waals surface area contributed by atoms with Crippen molar-refractivity contribution in [3.8, 4) is 0 Å². The van der Waals surface area contributed by atoms with E-state index in [9.17, 15) is 14.9 Å². The fraction of sp³-hybridized carbons (Fsp3) is 0.143. The summed E-state index contributed by atoms with van der Waals surface area (Å²) in [6.45, 7) is 2.02. The van der Waals surface area contributed by atoms with E-state index >= 15 is 0 Å². The van der Waals surface area contributed by atoms with Crippen LogP contribution in [0.5, 0.6) is 0 Å². The lowest BCUT2D eigenvalue weighted by Crippen LogP contribution is -2.14. The maximum absolute atomic E-state index is 12.1. The number of hydrogen-bond donors (Lipinski definition) is 1. The third-order valence-corrected chi connectivity index (χ3v) is 3.20. The molecule has 1 heterocycles. The molecule has 0 aliphatic heterocycles. The molecule has 0 bridgehead atoms. The molecule has 1 amide bonds. The molecule has 7 heteroatoms. The second kappa shape index (κ2) is 6.32. The summed E-state index contributed by atoms with van der Waals surface area (Å²) in [4.78, 5) is 26.0. The number of nitro groups is 1. The Labute approximate surface area is 125 Å². The van der Waals surface area contributed by atoms with Crippen LogP contribution in [0.1, 0.15) is 22.8 Å². The van der Waals surface area contributed by atoms with Crippen LogP contribution in [0, 0.1) is 10.1 Å². The summed E-state index contributed by atoms with van der Waals surface area (Å²) in [6.07, 6.45) is 2.14. The lowest BCUT2D eigenvalue weighted by Gasteiger charge is -2.07. The lowest BCUT2D eigenvalue weighted by atomic mass is 10.1. The van der Waals surface area contributed by atoms with Crippen LogP contribution in [0.15, 0.2) is 36.5 Å². The van der Waals surface area contributed by atoms with Gasteiger partial charge in [0.2, 0.25) is 5.15 Å². The van der Waals surface area contributed by atoms with Gasteiger partial charge in [-0.3, -0.25) is 14.9 Å². The average molecular weight is 306 g/mol. The van der Waals surface area contributed by atoms with E-state index < -0.39 is 16.5 Å². The maximum atomic E-state index is 12.1. The Morgan fingerprint density at radius 2 is 2.00 bits per heavy atom. The molecule has 0 unspecified atom stereocenters. The van der Waals surface area contributed by atoms with Crippen LogP contribution in [0.3, 0.4) is 0 Å². The first-order valence-electron chi connectivity index (χ1n) is 6.22. The zero-order valence-electron chi connectivity index (χ0n) is 11.2. The lowest BCUT2D eigenvalue weighted by molar-refractivity contribution is -0.385. The normalized spacial score (nSPS) is 10.2. The molecule has 0 saturated carbocycles. The molecule has 0 saturated heterocycles. The van der Waals surface area contributed by atoms with Crippen molar-refractivity contribution in [3.63, 3.8) is 0 Å². The number of hydrogen-bond acceptors (Lipinski definition) is 4. The molecule has 0 fully saturated rings. The molecular weight excluding hydrogens is 294 g/mol. The Balaban J connectivity index is 2.28. The molecule has 2 aromatic rings. The molecule has 1 N–H and O–H groups in total. The third-order valence-electron chi connectivity index (χ3n) is 2.93. The Hall–Kier alpha value is -2.47. The molecule has 0 atom stereocenters. The highest BCUT2D eigenvalue weighted by Gasteiger charge is 2.24. The highest BCUT2D eigenvalue weighted by molar-refractivity contribution is 6.32. The van der Waals surface area contributed by atoms with Crippen molar-refractivity contribution in [1.29, 1.82) is 0 Å². The maximum Gasteiger partial charge on any atom is 0.319 e. The molecular formula is C14H12ClN3O3. The van der Waals surface area contributed by atoms with Crippen LogP contribution in [0.25, 0.3) is 0 Å². The zero-order chi connectivity index (χ0) is 15.4. The zero-order valence-corrected chi connectivity index (χ0v) is 11.9. The molecule has 2 rings (SSSR count). The van der Waals surface area contributed by atoms with Crippen LogP contribution >= 0.6 is 11.6 Å². The van der Waals surface area contributed by atoms with Gasteiger partial charge in [-0.15, -0.1) is 0 Å². The average Bonchev–Trinajstić information content (AvgIpc) is 2.47. The van der Waals surface area contributed by atoms with Gasteiger partial charge in [0.05, 0.1) is 4.92 Å². The van der Waals surface area contributed by atoms with Gasteiger partial charge in [0.25, 0.3) is 5.91 Å². The van der Waals surface area contributed by atoms with E-state index in [0.29, 0.717) is 5.69 Å². The molecule has 21 heavy (non-hydrogen) atoms. The van der Waals surface area contributed by atoms with Gasteiger partial charge in [0.1, 0.15) is 5.56 Å². The second-order valence-electron chi connectivity index (χ2n) is 4.26. The number of amides is 1. The van der Waals surface area contributed by atoms with Crippen LogP contribution < -0.4 is 5.32 Å². The largest absolute Gasteiger partial charge is 0.322 e. The first-order chi connectivity index (χ1) is 10.0. The van der Waals surface area contributed by atoms with E-state index in [1.165, 1.54) is 12.3 Å². The first kappa shape index (κ1) is 14.9. The van der Waals surface area contributed by atoms with Gasteiger partial charge >= 0.3 is 5.69 Å². The summed E-state index contributed by atoms with van der Waals surface area (Å²) in [6, 6.07) is 8.50. The minimum Gasteiger partial charge on any atom is -0.322 e. The monoisotopic (exact) mass is 305 g/mol. The van der Waals surface area contributed by atoms with Gasteiger partial charge in [-0.1, -0.05) is 30.7 Å². The molecule has 0 radical (unpaired) electrons. The number of aromatic nitrogens is 1. The predicted octanol–water partition coefficient (Wildman–Crippen LogP) is 3.46. The van der Waals surface area contributed by atoms with E-state index in [2.05, 4.69) is 10.3 Å². The van der Waals surface area contributed by atoms with Gasteiger partial charge in [-0.2, -0.15) is 0 Å². The van der Waals surface area contributed by atoms with Gasteiger partial charge in [0, 0.05) is 11.9 Å². The number of carbonyl (C=O) groups excluding carboxylic acids is 1. The van der Waals surface area contributed by atoms with Crippen LogP contribution in [-0.2, 0) is 6.42 Å². The van der Waals surface area contributed by atoms with Crippen molar-refractivity contribution < 1.29 is 9.72 Å². The SMILES string of the molecule is CCc1ccc(NC(=O)c2ccnc(Cl)c2[N+](=O)[O-])cc1. The highest BCUT2D eigenvalue weighted by atomic mass is 35.5. The summed E-state index contributed by atoms with van der Waals surface area (Å²) < 4.78 is 0. The van der Waals surface area contributed by atoms with Crippen molar-refractivity contribution in [2.75, 3.05) is 5.32 Å². The number of nitrogens with zero attached hydrogens (tertiary/aromatic N) is 2. The third kappa shape index (κ3) is 3.35. The smallest absolute Gasteiger partial charge is 0.319 e. The summed E-state index contributed by atoms with van der Waals surface area (Å²) in [5.41, 5.74) is 1.06. The molecule has 0 aliphatic carbocycles. The Bertz CT molecular complexity index is 686. The van der Waals surface area contributed by atoms with Crippen molar-refractivity contribution in [2.45, 2.75) is 13.3 Å². The highest BCUT2D eigenvalue weighted by Crippen LogP contribution is 2.26. The number of aryl methyl sites for hydroxylation is 1. The molecule has 6 nitrogen and oxygen atoms in total. The topological polar surface area (TPSA) is 85.1 Å². The van der Waals surface area contributed by atoms with Crippen molar-refractivity contribution in [3.05, 3.63) is 62.9 Å². The Kier molecular flexibility index (Phi) is 4.49. The minimum atomic E-state index is -0.718. The van der Waals surface area contributed by atoms with Crippen LogP contribution in [-0.4, -0.2) is 15.8 Å². The number of rotatable bonds is 4. The molecule has 0 spiro atoms. The Morgan fingerprint density at radius 1 is 1.33 bits per heavy atom. The summed E-state index contributed by atoms with van der Waals surface area (Å²) >= 11 is 5.68. The van der Waals surface area contributed by atoms with Crippen LogP contribution in [0.4, 0.5) is 11.4 Å². The minimum absolute atomic E-state index is 0.125. The molecule has 0 aliphatic rings. The van der Waals surface area contributed by atoms with Crippen LogP contribution in [0.2, 0.25) is 5.15 Å². The summed E-state index contributed by atoms with van der Waals surface area (Å²) in [7, 11) is 0. The fourth-order valence-corrected chi connectivity index (χ4v) is 2.03. The van der Waals surface area contributed by atoms with E-state index in [1.54, 1.807) is 12.1 Å². The molecule has 108 valence electrons. The number of anilines is 1. The fourth-order valence-electron chi connectivity index (χ4n) is 1.81. The number of halogens is 1. The number of nitrogens with one attached hydrogen (secondary N) is 1. The number of carbonyl (C=O) groups is 1.